The quantitative estimate of drug-likeness (QED) is 0.914. The molecule has 0 amide bonds. The summed E-state index contributed by atoms with van der Waals surface area (Å²) in [6.45, 7) is 0. The van der Waals surface area contributed by atoms with Crippen molar-refractivity contribution in [3.63, 3.8) is 0 Å². The van der Waals surface area contributed by atoms with Crippen LogP contribution in [0.4, 0.5) is 0 Å². The number of hydrogen-bond donors (Lipinski definition) is 1. The van der Waals surface area contributed by atoms with Gasteiger partial charge < -0.3 is 5.11 Å². The zero-order valence-corrected chi connectivity index (χ0v) is 12.6. The fourth-order valence-corrected chi connectivity index (χ4v) is 4.00. The maximum atomic E-state index is 12.2. The summed E-state index contributed by atoms with van der Waals surface area (Å²) < 4.78 is 24.4. The minimum atomic E-state index is -3.52. The Morgan fingerprint density at radius 2 is 2.05 bits per heavy atom. The summed E-state index contributed by atoms with van der Waals surface area (Å²) >= 11 is 7.22. The molecule has 0 atom stereocenters. The average Bonchev–Trinajstić information content (AvgIpc) is 2.89. The van der Waals surface area contributed by atoms with E-state index in [1.807, 2.05) is 17.5 Å². The molecular weight excluding hydrogens is 320 g/mol. The van der Waals surface area contributed by atoms with Crippen molar-refractivity contribution in [1.82, 2.24) is 0 Å². The molecule has 20 heavy (non-hydrogen) atoms. The van der Waals surface area contributed by atoms with Gasteiger partial charge >= 0.3 is 5.97 Å². The summed E-state index contributed by atoms with van der Waals surface area (Å²) in [7, 11) is -3.52. The number of aromatic carboxylic acids is 1. The van der Waals surface area contributed by atoms with Gasteiger partial charge in [-0.05, 0) is 36.1 Å². The molecule has 0 bridgehead atoms. The molecule has 1 heterocycles. The second-order valence-corrected chi connectivity index (χ2v) is 7.64. The SMILES string of the molecule is O=C(O)c1cc(S(=O)(=O)CCc2cccs2)ccc1Cl. The largest absolute Gasteiger partial charge is 0.478 e. The third-order valence-corrected chi connectivity index (χ3v) is 5.70. The molecule has 0 saturated heterocycles. The van der Waals surface area contributed by atoms with Gasteiger partial charge in [0, 0.05) is 4.88 Å². The molecular formula is C13H11ClO4S2. The highest BCUT2D eigenvalue weighted by molar-refractivity contribution is 7.91. The average molecular weight is 331 g/mol. The molecule has 4 nitrogen and oxygen atoms in total. The molecule has 0 spiro atoms. The molecule has 0 aliphatic carbocycles. The van der Waals surface area contributed by atoms with Crippen LogP contribution >= 0.6 is 22.9 Å². The third-order valence-electron chi connectivity index (χ3n) is 2.72. The molecule has 1 N–H and O–H groups in total. The van der Waals surface area contributed by atoms with Crippen LogP contribution in [-0.4, -0.2) is 25.2 Å². The van der Waals surface area contributed by atoms with Crippen molar-refractivity contribution in [3.05, 3.63) is 51.2 Å². The van der Waals surface area contributed by atoms with E-state index in [2.05, 4.69) is 0 Å². The van der Waals surface area contributed by atoms with Gasteiger partial charge in [-0.2, -0.15) is 0 Å². The Morgan fingerprint density at radius 1 is 1.30 bits per heavy atom. The Bertz CT molecular complexity index is 721. The lowest BCUT2D eigenvalue weighted by Gasteiger charge is -2.06. The molecule has 0 fully saturated rings. The molecule has 2 aromatic rings. The normalized spacial score (nSPS) is 11.4. The van der Waals surface area contributed by atoms with Crippen LogP contribution in [0, 0.1) is 0 Å². The summed E-state index contributed by atoms with van der Waals surface area (Å²) in [5.41, 5.74) is -0.205. The van der Waals surface area contributed by atoms with E-state index in [9.17, 15) is 13.2 Å². The number of sulfone groups is 1. The van der Waals surface area contributed by atoms with Gasteiger partial charge in [-0.25, -0.2) is 13.2 Å². The molecule has 7 heteroatoms. The first-order valence-electron chi connectivity index (χ1n) is 5.68. The lowest BCUT2D eigenvalue weighted by Crippen LogP contribution is -2.10. The fraction of sp³-hybridized carbons (Fsp3) is 0.154. The molecule has 1 aromatic carbocycles. The van der Waals surface area contributed by atoms with E-state index < -0.39 is 15.8 Å². The number of rotatable bonds is 5. The van der Waals surface area contributed by atoms with Crippen molar-refractivity contribution < 1.29 is 18.3 Å². The van der Waals surface area contributed by atoms with Gasteiger partial charge in [0.05, 0.1) is 21.2 Å². The fourth-order valence-electron chi connectivity index (χ4n) is 1.67. The van der Waals surface area contributed by atoms with Crippen molar-refractivity contribution in [2.45, 2.75) is 11.3 Å². The summed E-state index contributed by atoms with van der Waals surface area (Å²) in [6, 6.07) is 7.46. The number of thiophene rings is 1. The van der Waals surface area contributed by atoms with E-state index >= 15 is 0 Å². The van der Waals surface area contributed by atoms with E-state index in [4.69, 9.17) is 16.7 Å². The van der Waals surface area contributed by atoms with Crippen LogP contribution in [0.25, 0.3) is 0 Å². The zero-order valence-electron chi connectivity index (χ0n) is 10.2. The van der Waals surface area contributed by atoms with Gasteiger partial charge in [0.1, 0.15) is 0 Å². The first kappa shape index (κ1) is 15.0. The van der Waals surface area contributed by atoms with Gasteiger partial charge in [0.25, 0.3) is 0 Å². The van der Waals surface area contributed by atoms with Gasteiger partial charge in [-0.3, -0.25) is 0 Å². The molecule has 0 saturated carbocycles. The van der Waals surface area contributed by atoms with Crippen LogP contribution in [0.3, 0.4) is 0 Å². The van der Waals surface area contributed by atoms with Crippen LogP contribution in [0.2, 0.25) is 5.02 Å². The van der Waals surface area contributed by atoms with Crippen molar-refractivity contribution in [2.75, 3.05) is 5.75 Å². The van der Waals surface area contributed by atoms with Crippen LogP contribution in [0.15, 0.2) is 40.6 Å². The van der Waals surface area contributed by atoms with Crippen molar-refractivity contribution in [1.29, 1.82) is 0 Å². The first-order valence-corrected chi connectivity index (χ1v) is 8.59. The van der Waals surface area contributed by atoms with Gasteiger partial charge in [-0.15, -0.1) is 11.3 Å². The second-order valence-electron chi connectivity index (χ2n) is 4.10. The molecule has 0 radical (unpaired) electrons. The van der Waals surface area contributed by atoms with E-state index in [0.29, 0.717) is 6.42 Å². The lowest BCUT2D eigenvalue weighted by molar-refractivity contribution is 0.0697. The van der Waals surface area contributed by atoms with E-state index in [-0.39, 0.29) is 21.2 Å². The number of halogens is 1. The van der Waals surface area contributed by atoms with Crippen molar-refractivity contribution in [2.24, 2.45) is 0 Å². The van der Waals surface area contributed by atoms with Crippen LogP contribution < -0.4 is 0 Å². The zero-order chi connectivity index (χ0) is 14.8. The minimum absolute atomic E-state index is 0.0177. The highest BCUT2D eigenvalue weighted by Gasteiger charge is 2.18. The molecule has 0 aliphatic rings. The maximum Gasteiger partial charge on any atom is 0.337 e. The number of aryl methyl sites for hydroxylation is 1. The van der Waals surface area contributed by atoms with Crippen LogP contribution in [0.5, 0.6) is 0 Å². The Morgan fingerprint density at radius 3 is 2.65 bits per heavy atom. The van der Waals surface area contributed by atoms with Crippen molar-refractivity contribution >= 4 is 38.7 Å². The second kappa shape index (κ2) is 5.95. The number of benzene rings is 1. The Hall–Kier alpha value is -1.37. The lowest BCUT2D eigenvalue weighted by atomic mass is 10.2. The molecule has 1 aromatic heterocycles. The van der Waals surface area contributed by atoms with E-state index in [1.165, 1.54) is 23.5 Å². The van der Waals surface area contributed by atoms with Gasteiger partial charge in [0.15, 0.2) is 9.84 Å². The smallest absolute Gasteiger partial charge is 0.337 e. The standard InChI is InChI=1S/C13H11ClO4S2/c14-12-4-3-10(8-11(12)13(15)16)20(17,18)7-5-9-2-1-6-19-9/h1-4,6,8H,5,7H2,(H,15,16). The maximum absolute atomic E-state index is 12.2. The highest BCUT2D eigenvalue weighted by atomic mass is 35.5. The summed E-state index contributed by atoms with van der Waals surface area (Å²) in [4.78, 5) is 11.9. The number of carboxylic acids is 1. The van der Waals surface area contributed by atoms with Crippen LogP contribution in [-0.2, 0) is 16.3 Å². The Balaban J connectivity index is 2.25. The molecule has 0 unspecified atom stereocenters. The Labute approximate surface area is 125 Å². The third kappa shape index (κ3) is 3.39. The number of carbonyl (C=O) groups is 1. The Kier molecular flexibility index (Phi) is 4.47. The van der Waals surface area contributed by atoms with Crippen LogP contribution in [0.1, 0.15) is 15.2 Å². The summed E-state index contributed by atoms with van der Waals surface area (Å²) in [5.74, 6) is -1.31. The minimum Gasteiger partial charge on any atom is -0.478 e. The number of carboxylic acid groups (broad SMARTS) is 1. The van der Waals surface area contributed by atoms with Crippen molar-refractivity contribution in [3.8, 4) is 0 Å². The molecule has 106 valence electrons. The van der Waals surface area contributed by atoms with Gasteiger partial charge in [-0.1, -0.05) is 17.7 Å². The molecule has 0 aliphatic heterocycles. The monoisotopic (exact) mass is 330 g/mol. The summed E-state index contributed by atoms with van der Waals surface area (Å²) in [5, 5.41) is 10.9. The van der Waals surface area contributed by atoms with Gasteiger partial charge in [0.2, 0.25) is 0 Å². The number of hydrogen-bond acceptors (Lipinski definition) is 4. The van der Waals surface area contributed by atoms with E-state index in [1.54, 1.807) is 0 Å². The summed E-state index contributed by atoms with van der Waals surface area (Å²) in [6.07, 6.45) is 0.408. The predicted molar refractivity (Wildman–Crippen MR) is 78.5 cm³/mol. The topological polar surface area (TPSA) is 71.4 Å². The van der Waals surface area contributed by atoms with E-state index in [0.717, 1.165) is 10.9 Å². The first-order chi connectivity index (χ1) is 9.40. The highest BCUT2D eigenvalue weighted by Crippen LogP contribution is 2.22. The molecule has 2 rings (SSSR count). The predicted octanol–water partition coefficient (Wildman–Crippen LogP) is 3.12.